The standard InChI is InChI=1S/C26H24N4O5/c1-3-33-21-14-12-20(13-15-21)28-25(31)18-8-10-19(11-9-18)29-26(32)22-6-4-5-7-23(22)34-16-24-27-17(2)35-30-24/h4-15H,3,16H2,1-2H3,(H,28,31)(H,29,32). The smallest absolute Gasteiger partial charge is 0.259 e. The molecule has 0 radical (unpaired) electrons. The normalized spacial score (nSPS) is 10.5. The molecule has 0 saturated heterocycles. The lowest BCUT2D eigenvalue weighted by molar-refractivity contribution is 0.101. The zero-order valence-corrected chi connectivity index (χ0v) is 19.3. The molecule has 2 amide bonds. The molecule has 0 aliphatic rings. The molecule has 0 saturated carbocycles. The molecule has 0 bridgehead atoms. The highest BCUT2D eigenvalue weighted by molar-refractivity contribution is 6.07. The molecule has 0 atom stereocenters. The van der Waals surface area contributed by atoms with Crippen LogP contribution in [0.25, 0.3) is 0 Å². The number of rotatable bonds is 9. The zero-order valence-electron chi connectivity index (χ0n) is 19.3. The van der Waals surface area contributed by atoms with Crippen LogP contribution >= 0.6 is 0 Å². The largest absolute Gasteiger partial charge is 0.494 e. The number of amides is 2. The van der Waals surface area contributed by atoms with E-state index < -0.39 is 0 Å². The molecule has 9 nitrogen and oxygen atoms in total. The summed E-state index contributed by atoms with van der Waals surface area (Å²) in [4.78, 5) is 29.5. The molecule has 0 aliphatic carbocycles. The number of carbonyl (C=O) groups is 2. The Balaban J connectivity index is 1.37. The minimum Gasteiger partial charge on any atom is -0.494 e. The second kappa shape index (κ2) is 11.0. The first-order valence-electron chi connectivity index (χ1n) is 11.0. The number of nitrogens with one attached hydrogen (secondary N) is 2. The predicted molar refractivity (Wildman–Crippen MR) is 130 cm³/mol. The molecule has 2 N–H and O–H groups in total. The Morgan fingerprint density at radius 2 is 1.51 bits per heavy atom. The SMILES string of the molecule is CCOc1ccc(NC(=O)c2ccc(NC(=O)c3ccccc3OCc3noc(C)n3)cc2)cc1. The molecule has 1 heterocycles. The fraction of sp³-hybridized carbons (Fsp3) is 0.154. The summed E-state index contributed by atoms with van der Waals surface area (Å²) in [6, 6.07) is 20.6. The highest BCUT2D eigenvalue weighted by atomic mass is 16.5. The molecule has 178 valence electrons. The third kappa shape index (κ3) is 6.23. The lowest BCUT2D eigenvalue weighted by atomic mass is 10.1. The van der Waals surface area contributed by atoms with Gasteiger partial charge in [0.05, 0.1) is 12.2 Å². The van der Waals surface area contributed by atoms with Gasteiger partial charge in [0.25, 0.3) is 11.8 Å². The summed E-state index contributed by atoms with van der Waals surface area (Å²) in [7, 11) is 0. The van der Waals surface area contributed by atoms with Crippen LogP contribution in [0.1, 0.15) is 39.4 Å². The Hall–Kier alpha value is -4.66. The molecule has 9 heteroatoms. The summed E-state index contributed by atoms with van der Waals surface area (Å²) in [6.45, 7) is 4.24. The van der Waals surface area contributed by atoms with Crippen LogP contribution in [0.3, 0.4) is 0 Å². The summed E-state index contributed by atoms with van der Waals surface area (Å²) < 4.78 is 16.1. The summed E-state index contributed by atoms with van der Waals surface area (Å²) in [6.07, 6.45) is 0. The number of nitrogens with zero attached hydrogens (tertiary/aromatic N) is 2. The fourth-order valence-electron chi connectivity index (χ4n) is 3.23. The maximum absolute atomic E-state index is 12.9. The van der Waals surface area contributed by atoms with Gasteiger partial charge in [0.2, 0.25) is 11.7 Å². The summed E-state index contributed by atoms with van der Waals surface area (Å²) in [5.74, 6) is 1.34. The molecule has 3 aromatic carbocycles. The first-order valence-corrected chi connectivity index (χ1v) is 11.0. The molecule has 0 spiro atoms. The summed E-state index contributed by atoms with van der Waals surface area (Å²) in [5.41, 5.74) is 2.00. The Morgan fingerprint density at radius 3 is 2.17 bits per heavy atom. The van der Waals surface area contributed by atoms with Crippen molar-refractivity contribution < 1.29 is 23.6 Å². The number of hydrogen-bond acceptors (Lipinski definition) is 7. The highest BCUT2D eigenvalue weighted by Gasteiger charge is 2.14. The number of hydrogen-bond donors (Lipinski definition) is 2. The van der Waals surface area contributed by atoms with E-state index in [1.165, 1.54) is 0 Å². The number of carbonyl (C=O) groups excluding carboxylic acids is 2. The van der Waals surface area contributed by atoms with E-state index in [2.05, 4.69) is 20.8 Å². The van der Waals surface area contributed by atoms with Gasteiger partial charge in [0.15, 0.2) is 6.61 Å². The van der Waals surface area contributed by atoms with Crippen molar-refractivity contribution in [3.8, 4) is 11.5 Å². The van der Waals surface area contributed by atoms with E-state index in [-0.39, 0.29) is 18.4 Å². The van der Waals surface area contributed by atoms with Gasteiger partial charge >= 0.3 is 0 Å². The number of aromatic nitrogens is 2. The quantitative estimate of drug-likeness (QED) is 0.357. The third-order valence-electron chi connectivity index (χ3n) is 4.89. The van der Waals surface area contributed by atoms with Gasteiger partial charge in [-0.05, 0) is 67.6 Å². The second-order valence-corrected chi connectivity index (χ2v) is 7.46. The van der Waals surface area contributed by atoms with Crippen molar-refractivity contribution in [2.75, 3.05) is 17.2 Å². The number of ether oxygens (including phenoxy) is 2. The van der Waals surface area contributed by atoms with Crippen molar-refractivity contribution in [2.45, 2.75) is 20.5 Å². The van der Waals surface area contributed by atoms with Gasteiger partial charge in [-0.1, -0.05) is 17.3 Å². The van der Waals surface area contributed by atoms with Crippen LogP contribution in [0.15, 0.2) is 77.3 Å². The molecule has 1 aromatic heterocycles. The maximum atomic E-state index is 12.9. The van der Waals surface area contributed by atoms with E-state index in [0.717, 1.165) is 5.75 Å². The fourth-order valence-corrected chi connectivity index (χ4v) is 3.23. The molecule has 0 unspecified atom stereocenters. The van der Waals surface area contributed by atoms with Crippen molar-refractivity contribution in [1.29, 1.82) is 0 Å². The lowest BCUT2D eigenvalue weighted by Gasteiger charge is -2.11. The van der Waals surface area contributed by atoms with Crippen molar-refractivity contribution in [2.24, 2.45) is 0 Å². The molecule has 4 rings (SSSR count). The Kier molecular flexibility index (Phi) is 7.37. The van der Waals surface area contributed by atoms with Gasteiger partial charge in [-0.2, -0.15) is 4.98 Å². The van der Waals surface area contributed by atoms with Crippen molar-refractivity contribution in [3.63, 3.8) is 0 Å². The first kappa shape index (κ1) is 23.5. The predicted octanol–water partition coefficient (Wildman–Crippen LogP) is 4.86. The van der Waals surface area contributed by atoms with Crippen molar-refractivity contribution in [3.05, 3.63) is 95.6 Å². The Morgan fingerprint density at radius 1 is 0.857 bits per heavy atom. The van der Waals surface area contributed by atoms with E-state index >= 15 is 0 Å². The molecule has 0 fully saturated rings. The van der Waals surface area contributed by atoms with Crippen LogP contribution in [-0.2, 0) is 6.61 Å². The van der Waals surface area contributed by atoms with E-state index in [1.54, 1.807) is 79.7 Å². The van der Waals surface area contributed by atoms with Gasteiger partial charge in [0, 0.05) is 23.9 Å². The van der Waals surface area contributed by atoms with Crippen LogP contribution in [-0.4, -0.2) is 28.6 Å². The van der Waals surface area contributed by atoms with E-state index in [9.17, 15) is 9.59 Å². The average molecular weight is 473 g/mol. The van der Waals surface area contributed by atoms with Crippen LogP contribution in [0.5, 0.6) is 11.5 Å². The lowest BCUT2D eigenvalue weighted by Crippen LogP contribution is -2.15. The molecule has 0 aliphatic heterocycles. The van der Waals surface area contributed by atoms with E-state index in [1.807, 2.05) is 6.92 Å². The zero-order chi connectivity index (χ0) is 24.6. The number of para-hydroxylation sites is 1. The molecule has 4 aromatic rings. The van der Waals surface area contributed by atoms with Crippen molar-refractivity contribution in [1.82, 2.24) is 10.1 Å². The topological polar surface area (TPSA) is 116 Å². The van der Waals surface area contributed by atoms with Gasteiger partial charge in [0.1, 0.15) is 11.5 Å². The van der Waals surface area contributed by atoms with Crippen molar-refractivity contribution >= 4 is 23.2 Å². The highest BCUT2D eigenvalue weighted by Crippen LogP contribution is 2.22. The second-order valence-electron chi connectivity index (χ2n) is 7.46. The van der Waals surface area contributed by atoms with Gasteiger partial charge in [-0.25, -0.2) is 0 Å². The minimum absolute atomic E-state index is 0.0692. The van der Waals surface area contributed by atoms with Crippen LogP contribution in [0.2, 0.25) is 0 Å². The number of anilines is 2. The van der Waals surface area contributed by atoms with Gasteiger partial charge < -0.3 is 24.6 Å². The first-order chi connectivity index (χ1) is 17.0. The van der Waals surface area contributed by atoms with Gasteiger partial charge in [-0.15, -0.1) is 0 Å². The third-order valence-corrected chi connectivity index (χ3v) is 4.89. The van der Waals surface area contributed by atoms with Crippen LogP contribution in [0, 0.1) is 6.92 Å². The van der Waals surface area contributed by atoms with Crippen LogP contribution < -0.4 is 20.1 Å². The number of aryl methyl sites for hydroxylation is 1. The molecular weight excluding hydrogens is 448 g/mol. The summed E-state index contributed by atoms with van der Waals surface area (Å²) >= 11 is 0. The number of benzene rings is 3. The van der Waals surface area contributed by atoms with Gasteiger partial charge in [-0.3, -0.25) is 9.59 Å². The minimum atomic E-state index is -0.350. The van der Waals surface area contributed by atoms with E-state index in [4.69, 9.17) is 14.0 Å². The Bertz CT molecular complexity index is 1300. The molecular formula is C26H24N4O5. The monoisotopic (exact) mass is 472 g/mol. The van der Waals surface area contributed by atoms with E-state index in [0.29, 0.717) is 46.6 Å². The maximum Gasteiger partial charge on any atom is 0.259 e. The van der Waals surface area contributed by atoms with Crippen LogP contribution in [0.4, 0.5) is 11.4 Å². The molecule has 35 heavy (non-hydrogen) atoms. The average Bonchev–Trinajstić information content (AvgIpc) is 3.29. The Labute approximate surface area is 202 Å². The summed E-state index contributed by atoms with van der Waals surface area (Å²) in [5, 5.41) is 9.44.